The maximum atomic E-state index is 13.0. The van der Waals surface area contributed by atoms with Gasteiger partial charge in [-0.25, -0.2) is 9.78 Å². The van der Waals surface area contributed by atoms with Gasteiger partial charge in [0, 0.05) is 31.0 Å². The molecular formula is C20H18ClF3N8O2. The van der Waals surface area contributed by atoms with Crippen LogP contribution < -0.4 is 10.6 Å². The number of hydrogen-bond acceptors (Lipinski definition) is 8. The largest absolute Gasteiger partial charge is 0.465 e. The molecule has 1 fully saturated rings. The predicted molar refractivity (Wildman–Crippen MR) is 117 cm³/mol. The van der Waals surface area contributed by atoms with Crippen molar-refractivity contribution in [2.24, 2.45) is 0 Å². The van der Waals surface area contributed by atoms with Crippen molar-refractivity contribution in [3.05, 3.63) is 47.4 Å². The summed E-state index contributed by atoms with van der Waals surface area (Å²) in [5, 5.41) is 15.2. The van der Waals surface area contributed by atoms with Crippen LogP contribution in [0.5, 0.6) is 0 Å². The molecule has 0 unspecified atom stereocenters. The van der Waals surface area contributed by atoms with Crippen LogP contribution in [0.15, 0.2) is 36.5 Å². The van der Waals surface area contributed by atoms with Crippen molar-refractivity contribution >= 4 is 35.3 Å². The number of piperidine rings is 1. The number of carbonyl (C=O) groups is 1. The number of likely N-dealkylation sites (tertiary alicyclic amines) is 1. The third-order valence-corrected chi connectivity index (χ3v) is 5.20. The number of nitrogens with one attached hydrogen (secondary N) is 2. The van der Waals surface area contributed by atoms with Crippen LogP contribution in [-0.4, -0.2) is 60.2 Å². The molecule has 34 heavy (non-hydrogen) atoms. The Morgan fingerprint density at radius 3 is 2.50 bits per heavy atom. The Labute approximate surface area is 196 Å². The smallest absolute Gasteiger partial charge is 0.433 e. The zero-order valence-corrected chi connectivity index (χ0v) is 18.2. The molecule has 0 spiro atoms. The van der Waals surface area contributed by atoms with E-state index in [-0.39, 0.29) is 34.6 Å². The van der Waals surface area contributed by atoms with Gasteiger partial charge < -0.3 is 20.6 Å². The Hall–Kier alpha value is -3.74. The van der Waals surface area contributed by atoms with E-state index in [1.165, 1.54) is 11.0 Å². The molecule has 1 amide bonds. The molecule has 14 heteroatoms. The molecule has 3 aromatic rings. The average molecular weight is 495 g/mol. The van der Waals surface area contributed by atoms with Crippen molar-refractivity contribution in [2.75, 3.05) is 23.7 Å². The van der Waals surface area contributed by atoms with E-state index in [1.807, 2.05) is 0 Å². The Kier molecular flexibility index (Phi) is 6.63. The molecule has 1 aliphatic heterocycles. The zero-order chi connectivity index (χ0) is 24.3. The first kappa shape index (κ1) is 23.4. The minimum Gasteiger partial charge on any atom is -0.465 e. The standard InChI is InChI=1S/C20H18ClF3N8O2/c21-15-3-1-2-13(28-15)16-29-17(26-11-5-8-32(9-6-11)19(33)34)31-18(30-16)27-12-4-7-25-14(10-12)20(22,23)24/h1-4,7,10-11H,5-6,8-9H2,(H,33,34)(H2,25,26,27,29,30,31). The number of rotatable bonds is 5. The summed E-state index contributed by atoms with van der Waals surface area (Å²) in [6.45, 7) is 0.701. The maximum Gasteiger partial charge on any atom is 0.433 e. The van der Waals surface area contributed by atoms with E-state index in [1.54, 1.807) is 18.2 Å². The quantitative estimate of drug-likeness (QED) is 0.444. The van der Waals surface area contributed by atoms with Crippen LogP contribution >= 0.6 is 11.6 Å². The number of anilines is 3. The Bertz CT molecular complexity index is 1190. The molecule has 3 aromatic heterocycles. The zero-order valence-electron chi connectivity index (χ0n) is 17.4. The van der Waals surface area contributed by atoms with E-state index in [9.17, 15) is 18.0 Å². The van der Waals surface area contributed by atoms with E-state index < -0.39 is 18.0 Å². The lowest BCUT2D eigenvalue weighted by atomic mass is 10.1. The van der Waals surface area contributed by atoms with Crippen molar-refractivity contribution in [1.29, 1.82) is 0 Å². The second kappa shape index (κ2) is 9.63. The molecule has 1 aliphatic rings. The van der Waals surface area contributed by atoms with Gasteiger partial charge in [-0.2, -0.15) is 28.1 Å². The van der Waals surface area contributed by atoms with Crippen molar-refractivity contribution < 1.29 is 23.1 Å². The molecule has 0 aromatic carbocycles. The number of pyridine rings is 2. The van der Waals surface area contributed by atoms with Crippen molar-refractivity contribution in [2.45, 2.75) is 25.1 Å². The molecule has 4 heterocycles. The summed E-state index contributed by atoms with van der Waals surface area (Å²) in [6.07, 6.45) is -3.49. The Balaban J connectivity index is 1.62. The van der Waals surface area contributed by atoms with Crippen LogP contribution in [0.25, 0.3) is 11.5 Å². The van der Waals surface area contributed by atoms with Gasteiger partial charge in [0.05, 0.1) is 0 Å². The molecule has 0 saturated carbocycles. The number of carboxylic acid groups (broad SMARTS) is 1. The van der Waals surface area contributed by atoms with Gasteiger partial charge in [-0.1, -0.05) is 17.7 Å². The van der Waals surface area contributed by atoms with Gasteiger partial charge in [-0.3, -0.25) is 4.98 Å². The van der Waals surface area contributed by atoms with Crippen molar-refractivity contribution in [3.8, 4) is 11.5 Å². The van der Waals surface area contributed by atoms with Crippen molar-refractivity contribution in [3.63, 3.8) is 0 Å². The highest BCUT2D eigenvalue weighted by Gasteiger charge is 2.32. The van der Waals surface area contributed by atoms with E-state index in [0.29, 0.717) is 31.6 Å². The highest BCUT2D eigenvalue weighted by Crippen LogP contribution is 2.29. The molecule has 0 atom stereocenters. The highest BCUT2D eigenvalue weighted by molar-refractivity contribution is 6.29. The molecule has 1 saturated heterocycles. The number of amides is 1. The monoisotopic (exact) mass is 494 g/mol. The fourth-order valence-corrected chi connectivity index (χ4v) is 3.50. The molecule has 3 N–H and O–H groups in total. The average Bonchev–Trinajstić information content (AvgIpc) is 2.79. The molecule has 10 nitrogen and oxygen atoms in total. The summed E-state index contributed by atoms with van der Waals surface area (Å²) < 4.78 is 39.1. The number of halogens is 4. The molecule has 4 rings (SSSR count). The summed E-state index contributed by atoms with van der Waals surface area (Å²) in [6, 6.07) is 6.96. The number of hydrogen-bond donors (Lipinski definition) is 3. The molecule has 0 aliphatic carbocycles. The second-order valence-corrected chi connectivity index (χ2v) is 7.78. The van der Waals surface area contributed by atoms with Gasteiger partial charge >= 0.3 is 12.3 Å². The SMILES string of the molecule is O=C(O)N1CCC(Nc2nc(Nc3ccnc(C(F)(F)F)c3)nc(-c3cccc(Cl)n3)n2)CC1. The van der Waals surface area contributed by atoms with Crippen LogP contribution in [0.4, 0.5) is 35.5 Å². The number of alkyl halides is 3. The second-order valence-electron chi connectivity index (χ2n) is 7.39. The molecule has 0 radical (unpaired) electrons. The van der Waals surface area contributed by atoms with E-state index >= 15 is 0 Å². The summed E-state index contributed by atoms with van der Waals surface area (Å²) in [5.41, 5.74) is -0.640. The summed E-state index contributed by atoms with van der Waals surface area (Å²) in [4.78, 5) is 32.9. The molecule has 0 bridgehead atoms. The van der Waals surface area contributed by atoms with E-state index in [4.69, 9.17) is 16.7 Å². The summed E-state index contributed by atoms with van der Waals surface area (Å²) in [7, 11) is 0. The fraction of sp³-hybridized carbons (Fsp3) is 0.300. The van der Waals surface area contributed by atoms with Gasteiger partial charge in [0.25, 0.3) is 0 Å². The minimum atomic E-state index is -4.61. The van der Waals surface area contributed by atoms with Gasteiger partial charge in [-0.15, -0.1) is 0 Å². The lowest BCUT2D eigenvalue weighted by Crippen LogP contribution is -2.41. The summed E-state index contributed by atoms with van der Waals surface area (Å²) in [5.74, 6) is 0.292. The first-order valence-electron chi connectivity index (χ1n) is 10.1. The Morgan fingerprint density at radius 1 is 1.09 bits per heavy atom. The summed E-state index contributed by atoms with van der Waals surface area (Å²) >= 11 is 5.98. The van der Waals surface area contributed by atoms with Crippen LogP contribution in [0.1, 0.15) is 18.5 Å². The van der Waals surface area contributed by atoms with Gasteiger partial charge in [0.2, 0.25) is 11.9 Å². The van der Waals surface area contributed by atoms with E-state index in [2.05, 4.69) is 35.6 Å². The van der Waals surface area contributed by atoms with Crippen molar-refractivity contribution in [1.82, 2.24) is 29.8 Å². The first-order chi connectivity index (χ1) is 16.2. The Morgan fingerprint density at radius 2 is 1.82 bits per heavy atom. The number of nitrogens with zero attached hydrogens (tertiary/aromatic N) is 6. The number of aromatic nitrogens is 5. The van der Waals surface area contributed by atoms with Crippen LogP contribution in [-0.2, 0) is 6.18 Å². The lowest BCUT2D eigenvalue weighted by Gasteiger charge is -2.30. The van der Waals surface area contributed by atoms with Crippen LogP contribution in [0.2, 0.25) is 5.15 Å². The van der Waals surface area contributed by atoms with Crippen LogP contribution in [0, 0.1) is 0 Å². The maximum absolute atomic E-state index is 13.0. The van der Waals surface area contributed by atoms with Gasteiger partial charge in [0.1, 0.15) is 16.5 Å². The minimum absolute atomic E-state index is 0.0171. The topological polar surface area (TPSA) is 129 Å². The third-order valence-electron chi connectivity index (χ3n) is 4.98. The molecular weight excluding hydrogens is 477 g/mol. The first-order valence-corrected chi connectivity index (χ1v) is 10.5. The highest BCUT2D eigenvalue weighted by atomic mass is 35.5. The fourth-order valence-electron chi connectivity index (χ4n) is 3.33. The normalized spacial score (nSPS) is 14.6. The van der Waals surface area contributed by atoms with Gasteiger partial charge in [-0.05, 0) is 37.1 Å². The molecule has 178 valence electrons. The van der Waals surface area contributed by atoms with Gasteiger partial charge in [0.15, 0.2) is 5.82 Å². The predicted octanol–water partition coefficient (Wildman–Crippen LogP) is 4.30. The lowest BCUT2D eigenvalue weighted by molar-refractivity contribution is -0.141. The van der Waals surface area contributed by atoms with Crippen LogP contribution in [0.3, 0.4) is 0 Å². The third kappa shape index (κ3) is 5.78. The van der Waals surface area contributed by atoms with E-state index in [0.717, 1.165) is 12.3 Å².